The van der Waals surface area contributed by atoms with Crippen LogP contribution >= 0.6 is 0 Å². The summed E-state index contributed by atoms with van der Waals surface area (Å²) in [4.78, 5) is 12.0. The molecule has 0 aliphatic carbocycles. The number of hydrogen-bond donors (Lipinski definition) is 0. The van der Waals surface area contributed by atoms with Crippen molar-refractivity contribution in [3.8, 4) is 6.07 Å². The van der Waals surface area contributed by atoms with E-state index in [-0.39, 0.29) is 24.2 Å². The number of ether oxygens (including phenoxy) is 1. The second-order valence-electron chi connectivity index (χ2n) is 5.49. The molecule has 0 aliphatic rings. The van der Waals surface area contributed by atoms with Crippen molar-refractivity contribution >= 4 is 5.97 Å². The first kappa shape index (κ1) is 16.8. The van der Waals surface area contributed by atoms with E-state index in [1.165, 1.54) is 0 Å². The largest absolute Gasteiger partial charge is 0.466 e. The fourth-order valence-corrected chi connectivity index (χ4v) is 2.84. The molecule has 0 heterocycles. The van der Waals surface area contributed by atoms with Gasteiger partial charge in [-0.05, 0) is 30.5 Å². The van der Waals surface area contributed by atoms with E-state index >= 15 is 0 Å². The minimum atomic E-state index is -0.386. The monoisotopic (exact) mass is 307 g/mol. The molecule has 0 saturated carbocycles. The zero-order chi connectivity index (χ0) is 16.7. The molecule has 118 valence electrons. The predicted octanol–water partition coefficient (Wildman–Crippen LogP) is 4.34. The average Bonchev–Trinajstić information content (AvgIpc) is 2.57. The van der Waals surface area contributed by atoms with Gasteiger partial charge in [-0.25, -0.2) is 0 Å². The van der Waals surface area contributed by atoms with Crippen molar-refractivity contribution < 1.29 is 9.53 Å². The Morgan fingerprint density at radius 3 is 2.39 bits per heavy atom. The Morgan fingerprint density at radius 2 is 1.78 bits per heavy atom. The zero-order valence-corrected chi connectivity index (χ0v) is 13.5. The number of benzene rings is 2. The third-order valence-corrected chi connectivity index (χ3v) is 3.98. The van der Waals surface area contributed by atoms with Crippen LogP contribution in [0.15, 0.2) is 54.6 Å². The molecule has 2 rings (SSSR count). The normalized spacial score (nSPS) is 12.9. The van der Waals surface area contributed by atoms with Crippen LogP contribution in [-0.4, -0.2) is 12.6 Å². The van der Waals surface area contributed by atoms with Crippen molar-refractivity contribution in [3.63, 3.8) is 0 Å². The highest BCUT2D eigenvalue weighted by molar-refractivity contribution is 5.71. The maximum Gasteiger partial charge on any atom is 0.306 e. The highest BCUT2D eigenvalue weighted by Gasteiger charge is 2.28. The molecule has 23 heavy (non-hydrogen) atoms. The minimum absolute atomic E-state index is 0.199. The van der Waals surface area contributed by atoms with Crippen LogP contribution in [0.3, 0.4) is 0 Å². The van der Waals surface area contributed by atoms with E-state index in [1.807, 2.05) is 61.5 Å². The molecule has 0 aromatic heterocycles. The van der Waals surface area contributed by atoms with Crippen LogP contribution in [0, 0.1) is 18.3 Å². The van der Waals surface area contributed by atoms with Gasteiger partial charge in [-0.2, -0.15) is 5.26 Å². The Hall–Kier alpha value is -2.60. The summed E-state index contributed by atoms with van der Waals surface area (Å²) in [5, 5.41) is 9.78. The Labute approximate surface area is 137 Å². The molecule has 2 atom stereocenters. The number of nitriles is 1. The maximum absolute atomic E-state index is 12.0. The van der Waals surface area contributed by atoms with Crippen molar-refractivity contribution in [2.75, 3.05) is 6.61 Å². The number of rotatable bonds is 6. The summed E-state index contributed by atoms with van der Waals surface area (Å²) in [6.07, 6.45) is 0.199. The first-order chi connectivity index (χ1) is 11.2. The second-order valence-corrected chi connectivity index (χ2v) is 5.49. The van der Waals surface area contributed by atoms with Crippen LogP contribution in [0.25, 0.3) is 0 Å². The lowest BCUT2D eigenvalue weighted by Crippen LogP contribution is -2.17. The molecule has 0 bridgehead atoms. The lowest BCUT2D eigenvalue weighted by atomic mass is 9.79. The van der Waals surface area contributed by atoms with E-state index in [1.54, 1.807) is 6.92 Å². The SMILES string of the molecule is CCOC(=O)CC(c1ccccc1)C(C#N)c1ccccc1C. The lowest BCUT2D eigenvalue weighted by molar-refractivity contribution is -0.143. The number of hydrogen-bond acceptors (Lipinski definition) is 3. The predicted molar refractivity (Wildman–Crippen MR) is 90.0 cm³/mol. The molecular formula is C20H21NO2. The summed E-state index contributed by atoms with van der Waals surface area (Å²) in [6, 6.07) is 20.0. The summed E-state index contributed by atoms with van der Waals surface area (Å²) in [5.74, 6) is -0.875. The third-order valence-electron chi connectivity index (χ3n) is 3.98. The first-order valence-corrected chi connectivity index (χ1v) is 7.83. The van der Waals surface area contributed by atoms with Gasteiger partial charge < -0.3 is 4.74 Å². The van der Waals surface area contributed by atoms with Crippen molar-refractivity contribution in [2.24, 2.45) is 0 Å². The molecule has 0 fully saturated rings. The Balaban J connectivity index is 2.41. The van der Waals surface area contributed by atoms with E-state index in [0.29, 0.717) is 6.61 Å². The molecule has 0 spiro atoms. The van der Waals surface area contributed by atoms with Crippen molar-refractivity contribution in [1.29, 1.82) is 5.26 Å². The summed E-state index contributed by atoms with van der Waals surface area (Å²) >= 11 is 0. The smallest absolute Gasteiger partial charge is 0.306 e. The standard InChI is InChI=1S/C20H21NO2/c1-3-23-20(22)13-18(16-10-5-4-6-11-16)19(14-21)17-12-8-7-9-15(17)2/h4-12,18-19H,3,13H2,1-2H3. The molecule has 0 saturated heterocycles. The van der Waals surface area contributed by atoms with Gasteiger partial charge in [0.1, 0.15) is 0 Å². The van der Waals surface area contributed by atoms with Gasteiger partial charge in [0, 0.05) is 5.92 Å². The van der Waals surface area contributed by atoms with Crippen LogP contribution in [0.5, 0.6) is 0 Å². The summed E-state index contributed by atoms with van der Waals surface area (Å²) < 4.78 is 5.11. The van der Waals surface area contributed by atoms with Crippen LogP contribution < -0.4 is 0 Å². The fourth-order valence-electron chi connectivity index (χ4n) is 2.84. The number of esters is 1. The zero-order valence-electron chi connectivity index (χ0n) is 13.5. The first-order valence-electron chi connectivity index (χ1n) is 7.83. The van der Waals surface area contributed by atoms with E-state index in [0.717, 1.165) is 16.7 Å². The highest BCUT2D eigenvalue weighted by Crippen LogP contribution is 2.36. The molecule has 2 unspecified atom stereocenters. The van der Waals surface area contributed by atoms with Gasteiger partial charge in [0.05, 0.1) is 25.0 Å². The van der Waals surface area contributed by atoms with Gasteiger partial charge in [0.25, 0.3) is 0 Å². The van der Waals surface area contributed by atoms with Gasteiger partial charge in [-0.3, -0.25) is 4.79 Å². The van der Waals surface area contributed by atoms with Crippen molar-refractivity contribution in [2.45, 2.75) is 32.1 Å². The molecule has 0 radical (unpaired) electrons. The number of nitrogens with zero attached hydrogens (tertiary/aromatic N) is 1. The molecule has 3 heteroatoms. The molecule has 3 nitrogen and oxygen atoms in total. The number of carbonyl (C=O) groups is 1. The van der Waals surface area contributed by atoms with Crippen LogP contribution in [0.2, 0.25) is 0 Å². The fraction of sp³-hybridized carbons (Fsp3) is 0.300. The molecule has 0 N–H and O–H groups in total. The topological polar surface area (TPSA) is 50.1 Å². The van der Waals surface area contributed by atoms with E-state index in [9.17, 15) is 10.1 Å². The minimum Gasteiger partial charge on any atom is -0.466 e. The van der Waals surface area contributed by atoms with Gasteiger partial charge >= 0.3 is 5.97 Å². The van der Waals surface area contributed by atoms with Crippen molar-refractivity contribution in [3.05, 3.63) is 71.3 Å². The highest BCUT2D eigenvalue weighted by atomic mass is 16.5. The molecule has 2 aromatic carbocycles. The van der Waals surface area contributed by atoms with Crippen LogP contribution in [-0.2, 0) is 9.53 Å². The number of aryl methyl sites for hydroxylation is 1. The van der Waals surface area contributed by atoms with Gasteiger partial charge in [-0.1, -0.05) is 54.6 Å². The third kappa shape index (κ3) is 4.20. The summed E-state index contributed by atoms with van der Waals surface area (Å²) in [7, 11) is 0. The Kier molecular flexibility index (Phi) is 5.94. The van der Waals surface area contributed by atoms with Gasteiger partial charge in [0.2, 0.25) is 0 Å². The quantitative estimate of drug-likeness (QED) is 0.746. The van der Waals surface area contributed by atoms with E-state index in [4.69, 9.17) is 4.74 Å². The van der Waals surface area contributed by atoms with E-state index < -0.39 is 0 Å². The summed E-state index contributed by atoms with van der Waals surface area (Å²) in [5.41, 5.74) is 3.01. The second kappa shape index (κ2) is 8.14. The van der Waals surface area contributed by atoms with Crippen LogP contribution in [0.4, 0.5) is 0 Å². The Morgan fingerprint density at radius 1 is 1.13 bits per heavy atom. The lowest BCUT2D eigenvalue weighted by Gasteiger charge is -2.23. The average molecular weight is 307 g/mol. The molecule has 2 aromatic rings. The van der Waals surface area contributed by atoms with Gasteiger partial charge in [-0.15, -0.1) is 0 Å². The van der Waals surface area contributed by atoms with Crippen LogP contribution in [0.1, 0.15) is 41.9 Å². The van der Waals surface area contributed by atoms with Gasteiger partial charge in [0.15, 0.2) is 0 Å². The summed E-state index contributed by atoms with van der Waals surface area (Å²) in [6.45, 7) is 4.13. The molecule has 0 amide bonds. The van der Waals surface area contributed by atoms with E-state index in [2.05, 4.69) is 6.07 Å². The van der Waals surface area contributed by atoms with Crippen molar-refractivity contribution in [1.82, 2.24) is 0 Å². The molecular weight excluding hydrogens is 286 g/mol. The Bertz CT molecular complexity index is 688. The maximum atomic E-state index is 12.0. The molecule has 0 aliphatic heterocycles. The number of carbonyl (C=O) groups excluding carboxylic acids is 1.